The molecule has 1 aliphatic carbocycles. The van der Waals surface area contributed by atoms with E-state index >= 15 is 0 Å². The smallest absolute Gasteiger partial charge is 0.179 e. The van der Waals surface area contributed by atoms with E-state index in [0.29, 0.717) is 33.9 Å². The third-order valence-corrected chi connectivity index (χ3v) is 8.74. The van der Waals surface area contributed by atoms with Gasteiger partial charge in [0.2, 0.25) is 0 Å². The maximum absolute atomic E-state index is 12.6. The topological polar surface area (TPSA) is 75.0 Å². The molecule has 0 N–H and O–H groups in total. The summed E-state index contributed by atoms with van der Waals surface area (Å²) in [5.41, 5.74) is 1.34. The van der Waals surface area contributed by atoms with Gasteiger partial charge in [-0.3, -0.25) is 4.79 Å². The summed E-state index contributed by atoms with van der Waals surface area (Å²) in [6.45, 7) is 4.07. The minimum Gasteiger partial charge on any atom is -0.294 e. The number of benzene rings is 1. The van der Waals surface area contributed by atoms with Crippen molar-refractivity contribution < 1.29 is 13.2 Å². The average molecular weight is 406 g/mol. The second-order valence-electron chi connectivity index (χ2n) is 7.11. The van der Waals surface area contributed by atoms with E-state index in [0.717, 1.165) is 9.77 Å². The first-order valence-electron chi connectivity index (χ1n) is 8.23. The molecule has 2 aromatic rings. The van der Waals surface area contributed by atoms with E-state index in [1.165, 1.54) is 23.1 Å². The summed E-state index contributed by atoms with van der Waals surface area (Å²) in [5, 5.41) is 9.41. The number of Topliss-reactive ketones (excluding diaryl/α,β-unsaturated/α-hetero) is 1. The van der Waals surface area contributed by atoms with Crippen molar-refractivity contribution in [2.24, 2.45) is 5.41 Å². The maximum atomic E-state index is 12.6. The van der Waals surface area contributed by atoms with Crippen molar-refractivity contribution in [3.05, 3.63) is 46.3 Å². The van der Waals surface area contributed by atoms with Crippen molar-refractivity contribution in [1.82, 2.24) is 0 Å². The van der Waals surface area contributed by atoms with Crippen LogP contribution in [0.2, 0.25) is 0 Å². The van der Waals surface area contributed by atoms with Crippen LogP contribution in [0.3, 0.4) is 0 Å². The monoisotopic (exact) mass is 405 g/mol. The number of fused-ring (bicyclic) bond motifs is 1. The zero-order valence-corrected chi connectivity index (χ0v) is 17.1. The first-order valence-corrected chi connectivity index (χ1v) is 11.7. The van der Waals surface area contributed by atoms with Crippen LogP contribution in [0.15, 0.2) is 39.4 Å². The van der Waals surface area contributed by atoms with E-state index in [1.54, 1.807) is 30.3 Å². The molecule has 0 amide bonds. The van der Waals surface area contributed by atoms with Crippen LogP contribution in [0, 0.1) is 16.7 Å². The Hall–Kier alpha value is -1.62. The van der Waals surface area contributed by atoms with Crippen LogP contribution in [0.4, 0.5) is 0 Å². The van der Waals surface area contributed by atoms with Crippen molar-refractivity contribution in [3.8, 4) is 6.07 Å². The lowest BCUT2D eigenvalue weighted by Gasteiger charge is -2.29. The van der Waals surface area contributed by atoms with Crippen LogP contribution in [-0.2, 0) is 16.3 Å². The van der Waals surface area contributed by atoms with E-state index in [1.807, 2.05) is 13.8 Å². The number of carbonyl (C=O) groups excluding carboxylic acids is 1. The Morgan fingerprint density at radius 3 is 2.58 bits per heavy atom. The summed E-state index contributed by atoms with van der Waals surface area (Å²) in [5.74, 6) is 0.407. The van der Waals surface area contributed by atoms with Crippen molar-refractivity contribution in [3.63, 3.8) is 0 Å². The first kappa shape index (κ1) is 19.2. The van der Waals surface area contributed by atoms with E-state index in [2.05, 4.69) is 6.07 Å². The standard InChI is InChI=1S/C19H19NO3S3/c1-19(2)10-14-16(12-20)25-18(17(14)15(21)11-19)24-8-9-26(22,23)13-6-4-3-5-7-13/h3-7H,8-11H2,1-2H3. The summed E-state index contributed by atoms with van der Waals surface area (Å²) < 4.78 is 25.6. The van der Waals surface area contributed by atoms with Gasteiger partial charge in [-0.05, 0) is 29.5 Å². The molecule has 0 bridgehead atoms. The molecule has 26 heavy (non-hydrogen) atoms. The number of carbonyl (C=O) groups is 1. The van der Waals surface area contributed by atoms with Crippen LogP contribution in [0.1, 0.15) is 41.1 Å². The fourth-order valence-electron chi connectivity index (χ4n) is 3.14. The Kier molecular flexibility index (Phi) is 5.29. The maximum Gasteiger partial charge on any atom is 0.179 e. The van der Waals surface area contributed by atoms with Crippen LogP contribution >= 0.6 is 23.1 Å². The molecule has 0 saturated heterocycles. The van der Waals surface area contributed by atoms with Gasteiger partial charge >= 0.3 is 0 Å². The number of hydrogen-bond acceptors (Lipinski definition) is 6. The Balaban J connectivity index is 1.79. The second-order valence-corrected chi connectivity index (χ2v) is 11.6. The molecule has 3 rings (SSSR count). The highest BCUT2D eigenvalue weighted by Gasteiger charge is 2.36. The minimum absolute atomic E-state index is 0.00404. The lowest BCUT2D eigenvalue weighted by atomic mass is 9.74. The van der Waals surface area contributed by atoms with Gasteiger partial charge in [-0.1, -0.05) is 32.0 Å². The molecule has 0 atom stereocenters. The number of thioether (sulfide) groups is 1. The normalized spacial score (nSPS) is 16.1. The average Bonchev–Trinajstić information content (AvgIpc) is 2.92. The molecule has 0 aliphatic heterocycles. The summed E-state index contributed by atoms with van der Waals surface area (Å²) >= 11 is 2.68. The quantitative estimate of drug-likeness (QED) is 0.692. The largest absolute Gasteiger partial charge is 0.294 e. The molecule has 7 heteroatoms. The first-order chi connectivity index (χ1) is 12.2. The predicted molar refractivity (Wildman–Crippen MR) is 105 cm³/mol. The number of hydrogen-bond donors (Lipinski definition) is 0. The predicted octanol–water partition coefficient (Wildman–Crippen LogP) is 4.34. The highest BCUT2D eigenvalue weighted by Crippen LogP contribution is 2.44. The zero-order chi connectivity index (χ0) is 18.9. The molecule has 1 aromatic carbocycles. The Morgan fingerprint density at radius 2 is 1.92 bits per heavy atom. The van der Waals surface area contributed by atoms with Crippen LogP contribution in [0.5, 0.6) is 0 Å². The summed E-state index contributed by atoms with van der Waals surface area (Å²) in [6, 6.07) is 10.6. The number of sulfone groups is 1. The number of rotatable bonds is 5. The highest BCUT2D eigenvalue weighted by molar-refractivity contribution is 8.02. The Bertz CT molecular complexity index is 983. The molecule has 0 unspecified atom stereocenters. The third kappa shape index (κ3) is 3.88. The minimum atomic E-state index is -3.35. The Labute approximate surface area is 162 Å². The van der Waals surface area contributed by atoms with Crippen molar-refractivity contribution in [2.75, 3.05) is 11.5 Å². The van der Waals surface area contributed by atoms with Gasteiger partial charge < -0.3 is 0 Å². The van der Waals surface area contributed by atoms with Gasteiger partial charge in [0.15, 0.2) is 15.6 Å². The van der Waals surface area contributed by atoms with Gasteiger partial charge in [0.05, 0.1) is 14.9 Å². The molecule has 4 nitrogen and oxygen atoms in total. The molecule has 1 aliphatic rings. The molecule has 0 fully saturated rings. The SMILES string of the molecule is CC1(C)CC(=O)c2c(SCCS(=O)(=O)c3ccccc3)sc(C#N)c2C1. The summed E-state index contributed by atoms with van der Waals surface area (Å²) in [4.78, 5) is 13.5. The third-order valence-electron chi connectivity index (χ3n) is 4.34. The van der Waals surface area contributed by atoms with Gasteiger partial charge in [-0.2, -0.15) is 5.26 Å². The van der Waals surface area contributed by atoms with E-state index < -0.39 is 9.84 Å². The summed E-state index contributed by atoms with van der Waals surface area (Å²) in [6.07, 6.45) is 1.16. The van der Waals surface area contributed by atoms with Crippen LogP contribution < -0.4 is 0 Å². The van der Waals surface area contributed by atoms with Crippen molar-refractivity contribution in [1.29, 1.82) is 5.26 Å². The number of thiophene rings is 1. The van der Waals surface area contributed by atoms with Gasteiger partial charge in [0, 0.05) is 17.7 Å². The van der Waals surface area contributed by atoms with Crippen molar-refractivity contribution >= 4 is 38.7 Å². The number of ketones is 1. The molecule has 0 spiro atoms. The Morgan fingerprint density at radius 1 is 1.23 bits per heavy atom. The van der Waals surface area contributed by atoms with Gasteiger partial charge in [-0.15, -0.1) is 23.1 Å². The lowest BCUT2D eigenvalue weighted by molar-refractivity contribution is 0.0910. The number of nitrogens with zero attached hydrogens (tertiary/aromatic N) is 1. The molecular weight excluding hydrogens is 386 g/mol. The fraction of sp³-hybridized carbons (Fsp3) is 0.368. The highest BCUT2D eigenvalue weighted by atomic mass is 32.2. The molecule has 0 radical (unpaired) electrons. The lowest BCUT2D eigenvalue weighted by Crippen LogP contribution is -2.26. The van der Waals surface area contributed by atoms with Gasteiger partial charge in [-0.25, -0.2) is 8.42 Å². The van der Waals surface area contributed by atoms with E-state index in [-0.39, 0.29) is 17.0 Å². The summed E-state index contributed by atoms with van der Waals surface area (Å²) in [7, 11) is -3.35. The fourth-order valence-corrected chi connectivity index (χ4v) is 7.33. The zero-order valence-electron chi connectivity index (χ0n) is 14.6. The molecular formula is C19H19NO3S3. The number of nitriles is 1. The molecule has 136 valence electrons. The molecule has 1 aromatic heterocycles. The molecule has 0 saturated carbocycles. The van der Waals surface area contributed by atoms with E-state index in [9.17, 15) is 18.5 Å². The van der Waals surface area contributed by atoms with Gasteiger partial charge in [0.25, 0.3) is 0 Å². The van der Waals surface area contributed by atoms with Crippen LogP contribution in [-0.4, -0.2) is 25.7 Å². The van der Waals surface area contributed by atoms with Gasteiger partial charge in [0.1, 0.15) is 10.9 Å². The van der Waals surface area contributed by atoms with Crippen LogP contribution in [0.25, 0.3) is 0 Å². The molecule has 1 heterocycles. The second kappa shape index (κ2) is 7.18. The van der Waals surface area contributed by atoms with Crippen molar-refractivity contribution in [2.45, 2.75) is 35.8 Å². The van der Waals surface area contributed by atoms with E-state index in [4.69, 9.17) is 0 Å².